The lowest BCUT2D eigenvalue weighted by molar-refractivity contribution is 0.0657. The van der Waals surface area contributed by atoms with Crippen molar-refractivity contribution in [1.29, 1.82) is 0 Å². The van der Waals surface area contributed by atoms with Crippen LogP contribution in [-0.2, 0) is 27.2 Å². The van der Waals surface area contributed by atoms with Crippen LogP contribution in [0.1, 0.15) is 37.3 Å². The van der Waals surface area contributed by atoms with Crippen LogP contribution in [0.2, 0.25) is 0 Å². The monoisotopic (exact) mass is 330 g/mol. The van der Waals surface area contributed by atoms with Crippen molar-refractivity contribution in [2.45, 2.75) is 50.9 Å². The fourth-order valence-electron chi connectivity index (χ4n) is 3.90. The number of hydrogen-bond acceptors (Lipinski definition) is 4. The smallest absolute Gasteiger partial charge is 0.122 e. The SMILES string of the molecule is CN(Cc1nccn1C)[C@@H]1CCCC[C@H]1N(C)Cc1nccn1C. The first-order valence-corrected chi connectivity index (χ1v) is 8.89. The van der Waals surface area contributed by atoms with Crippen LogP contribution in [0.15, 0.2) is 24.8 Å². The lowest BCUT2D eigenvalue weighted by Gasteiger charge is -2.42. The normalized spacial score (nSPS) is 21.8. The second-order valence-electron chi connectivity index (χ2n) is 7.16. The van der Waals surface area contributed by atoms with Gasteiger partial charge in [-0.2, -0.15) is 0 Å². The third-order valence-corrected chi connectivity index (χ3v) is 5.45. The molecule has 0 saturated heterocycles. The van der Waals surface area contributed by atoms with Crippen LogP contribution in [-0.4, -0.2) is 55.1 Å². The average molecular weight is 330 g/mol. The molecule has 0 N–H and O–H groups in total. The Hall–Kier alpha value is -1.66. The van der Waals surface area contributed by atoms with Crippen LogP contribution >= 0.6 is 0 Å². The maximum atomic E-state index is 4.49. The first-order valence-electron chi connectivity index (χ1n) is 8.89. The van der Waals surface area contributed by atoms with Crippen molar-refractivity contribution in [3.63, 3.8) is 0 Å². The van der Waals surface area contributed by atoms with Gasteiger partial charge in [0, 0.05) is 51.0 Å². The van der Waals surface area contributed by atoms with E-state index >= 15 is 0 Å². The van der Waals surface area contributed by atoms with Gasteiger partial charge in [0.15, 0.2) is 0 Å². The van der Waals surface area contributed by atoms with Gasteiger partial charge >= 0.3 is 0 Å². The summed E-state index contributed by atoms with van der Waals surface area (Å²) >= 11 is 0. The lowest BCUT2D eigenvalue weighted by atomic mass is 9.88. The molecule has 2 aromatic rings. The first kappa shape index (κ1) is 17.2. The largest absolute Gasteiger partial charge is 0.337 e. The van der Waals surface area contributed by atoms with Crippen molar-refractivity contribution in [2.24, 2.45) is 14.1 Å². The number of aryl methyl sites for hydroxylation is 2. The molecular weight excluding hydrogens is 300 g/mol. The fraction of sp³-hybridized carbons (Fsp3) is 0.667. The van der Waals surface area contributed by atoms with E-state index in [0.29, 0.717) is 12.1 Å². The van der Waals surface area contributed by atoms with Crippen molar-refractivity contribution in [2.75, 3.05) is 14.1 Å². The molecule has 0 radical (unpaired) electrons. The van der Waals surface area contributed by atoms with Gasteiger partial charge in [0.2, 0.25) is 0 Å². The van der Waals surface area contributed by atoms with Gasteiger partial charge in [0.1, 0.15) is 11.6 Å². The van der Waals surface area contributed by atoms with E-state index in [-0.39, 0.29) is 0 Å². The molecule has 1 fully saturated rings. The molecule has 0 spiro atoms. The zero-order valence-corrected chi connectivity index (χ0v) is 15.4. The Morgan fingerprint density at radius 3 is 1.62 bits per heavy atom. The summed E-state index contributed by atoms with van der Waals surface area (Å²) in [6, 6.07) is 1.14. The number of rotatable bonds is 6. The molecule has 6 nitrogen and oxygen atoms in total. The predicted octanol–water partition coefficient (Wildman–Crippen LogP) is 2.03. The van der Waals surface area contributed by atoms with E-state index in [1.165, 1.54) is 25.7 Å². The molecule has 1 aliphatic rings. The van der Waals surface area contributed by atoms with Gasteiger partial charge in [0.05, 0.1) is 13.1 Å². The van der Waals surface area contributed by atoms with E-state index in [2.05, 4.69) is 57.1 Å². The van der Waals surface area contributed by atoms with E-state index in [9.17, 15) is 0 Å². The predicted molar refractivity (Wildman–Crippen MR) is 95.4 cm³/mol. The minimum absolute atomic E-state index is 0.570. The van der Waals surface area contributed by atoms with Gasteiger partial charge < -0.3 is 9.13 Å². The highest BCUT2D eigenvalue weighted by molar-refractivity contribution is 4.96. The van der Waals surface area contributed by atoms with E-state index in [4.69, 9.17) is 0 Å². The van der Waals surface area contributed by atoms with Crippen molar-refractivity contribution in [3.05, 3.63) is 36.4 Å². The van der Waals surface area contributed by atoms with Crippen LogP contribution in [0.4, 0.5) is 0 Å². The molecule has 1 saturated carbocycles. The van der Waals surface area contributed by atoms with Crippen molar-refractivity contribution in [1.82, 2.24) is 28.9 Å². The molecule has 3 rings (SSSR count). The standard InChI is InChI=1S/C18H30N6/c1-21-11-9-19-17(21)13-23(3)15-7-5-6-8-16(15)24(4)14-18-20-10-12-22(18)2/h9-12,15-16H,5-8,13-14H2,1-4H3/t15-,16-/m1/s1. The summed E-state index contributed by atoms with van der Waals surface area (Å²) < 4.78 is 4.23. The second kappa shape index (κ2) is 7.49. The van der Waals surface area contributed by atoms with Crippen LogP contribution in [0, 0.1) is 0 Å². The van der Waals surface area contributed by atoms with E-state index < -0.39 is 0 Å². The summed E-state index contributed by atoms with van der Waals surface area (Å²) in [6.45, 7) is 1.81. The topological polar surface area (TPSA) is 42.1 Å². The summed E-state index contributed by atoms with van der Waals surface area (Å²) in [6.07, 6.45) is 13.0. The second-order valence-corrected chi connectivity index (χ2v) is 7.16. The van der Waals surface area contributed by atoms with Crippen LogP contribution in [0.5, 0.6) is 0 Å². The van der Waals surface area contributed by atoms with Gasteiger partial charge in [-0.25, -0.2) is 9.97 Å². The molecule has 0 amide bonds. The molecule has 1 aliphatic carbocycles. The molecule has 132 valence electrons. The highest BCUT2D eigenvalue weighted by Gasteiger charge is 2.31. The fourth-order valence-corrected chi connectivity index (χ4v) is 3.90. The maximum Gasteiger partial charge on any atom is 0.122 e. The minimum Gasteiger partial charge on any atom is -0.337 e. The summed E-state index contributed by atoms with van der Waals surface area (Å²) in [5, 5.41) is 0. The van der Waals surface area contributed by atoms with Gasteiger partial charge in [0.25, 0.3) is 0 Å². The Morgan fingerprint density at radius 1 is 0.875 bits per heavy atom. The quantitative estimate of drug-likeness (QED) is 0.813. The highest BCUT2D eigenvalue weighted by Crippen LogP contribution is 2.27. The van der Waals surface area contributed by atoms with Gasteiger partial charge in [-0.15, -0.1) is 0 Å². The summed E-state index contributed by atoms with van der Waals surface area (Å²) in [4.78, 5) is 13.9. The minimum atomic E-state index is 0.570. The van der Waals surface area contributed by atoms with Crippen LogP contribution < -0.4 is 0 Å². The molecule has 2 atom stereocenters. The third-order valence-electron chi connectivity index (χ3n) is 5.45. The van der Waals surface area contributed by atoms with Crippen molar-refractivity contribution < 1.29 is 0 Å². The molecule has 6 heteroatoms. The molecule has 2 aromatic heterocycles. The molecule has 0 bridgehead atoms. The van der Waals surface area contributed by atoms with Gasteiger partial charge in [-0.1, -0.05) is 12.8 Å². The van der Waals surface area contributed by atoms with E-state index in [1.54, 1.807) is 0 Å². The highest BCUT2D eigenvalue weighted by atomic mass is 15.3. The van der Waals surface area contributed by atoms with Crippen molar-refractivity contribution >= 4 is 0 Å². The summed E-state index contributed by atoms with van der Waals surface area (Å²) in [7, 11) is 8.63. The number of imidazole rings is 2. The number of nitrogens with zero attached hydrogens (tertiary/aromatic N) is 6. The van der Waals surface area contributed by atoms with Crippen LogP contribution in [0.25, 0.3) is 0 Å². The molecule has 24 heavy (non-hydrogen) atoms. The molecule has 2 heterocycles. The Bertz CT molecular complexity index is 589. The summed E-state index contributed by atoms with van der Waals surface area (Å²) in [5.41, 5.74) is 0. The Balaban J connectivity index is 1.68. The zero-order valence-electron chi connectivity index (χ0n) is 15.4. The summed E-state index contributed by atoms with van der Waals surface area (Å²) in [5.74, 6) is 2.27. The molecular formula is C18H30N6. The third kappa shape index (κ3) is 3.70. The number of hydrogen-bond donors (Lipinski definition) is 0. The zero-order chi connectivity index (χ0) is 17.1. The number of aromatic nitrogens is 4. The molecule has 0 aromatic carbocycles. The molecule has 0 unspecified atom stereocenters. The number of likely N-dealkylation sites (N-methyl/N-ethyl adjacent to an activating group) is 2. The van der Waals surface area contributed by atoms with Gasteiger partial charge in [-0.3, -0.25) is 9.80 Å². The molecule has 0 aliphatic heterocycles. The Kier molecular flexibility index (Phi) is 5.36. The van der Waals surface area contributed by atoms with Gasteiger partial charge in [-0.05, 0) is 26.9 Å². The Morgan fingerprint density at radius 2 is 1.29 bits per heavy atom. The van der Waals surface area contributed by atoms with Crippen LogP contribution in [0.3, 0.4) is 0 Å². The van der Waals surface area contributed by atoms with E-state index in [0.717, 1.165) is 24.7 Å². The van der Waals surface area contributed by atoms with Crippen molar-refractivity contribution in [3.8, 4) is 0 Å². The maximum absolute atomic E-state index is 4.49. The Labute approximate surface area is 145 Å². The van der Waals surface area contributed by atoms with E-state index in [1.807, 2.05) is 24.8 Å². The lowest BCUT2D eigenvalue weighted by Crippen LogP contribution is -2.50. The first-order chi connectivity index (χ1) is 11.6. The average Bonchev–Trinajstić information content (AvgIpc) is 3.16.